The summed E-state index contributed by atoms with van der Waals surface area (Å²) in [7, 11) is 0. The van der Waals surface area contributed by atoms with Gasteiger partial charge in [0.05, 0.1) is 6.21 Å². The van der Waals surface area contributed by atoms with E-state index in [2.05, 4.69) is 33.4 Å². The maximum Gasteiger partial charge on any atom is 0.277 e. The largest absolute Gasteiger partial charge is 0.484 e. The lowest BCUT2D eigenvalue weighted by Gasteiger charge is -2.06. The molecule has 126 valence electrons. The SMILES string of the molecule is CCCCc1ccc(OCC(=O)N/N=C\c2cccc(Br)c2)cc1. The first-order valence-electron chi connectivity index (χ1n) is 7.96. The van der Waals surface area contributed by atoms with Crippen LogP contribution in [0.25, 0.3) is 0 Å². The molecule has 0 saturated heterocycles. The fraction of sp³-hybridized carbons (Fsp3) is 0.263. The minimum absolute atomic E-state index is 0.0653. The number of benzene rings is 2. The molecule has 0 aliphatic carbocycles. The minimum atomic E-state index is -0.295. The average Bonchev–Trinajstić information content (AvgIpc) is 2.59. The lowest BCUT2D eigenvalue weighted by Crippen LogP contribution is -2.24. The van der Waals surface area contributed by atoms with Crippen molar-refractivity contribution in [1.29, 1.82) is 0 Å². The van der Waals surface area contributed by atoms with E-state index >= 15 is 0 Å². The normalized spacial score (nSPS) is 10.8. The molecule has 0 saturated carbocycles. The van der Waals surface area contributed by atoms with Crippen LogP contribution in [0, 0.1) is 0 Å². The molecule has 0 bridgehead atoms. The molecule has 0 heterocycles. The lowest BCUT2D eigenvalue weighted by molar-refractivity contribution is -0.123. The molecule has 1 N–H and O–H groups in total. The van der Waals surface area contributed by atoms with Crippen LogP contribution < -0.4 is 10.2 Å². The highest BCUT2D eigenvalue weighted by Gasteiger charge is 2.01. The predicted molar refractivity (Wildman–Crippen MR) is 100 cm³/mol. The van der Waals surface area contributed by atoms with Crippen LogP contribution in [0.4, 0.5) is 0 Å². The molecular weight excluding hydrogens is 368 g/mol. The molecule has 0 aliphatic heterocycles. The quantitative estimate of drug-likeness (QED) is 0.540. The number of hydrazone groups is 1. The molecule has 2 rings (SSSR count). The predicted octanol–water partition coefficient (Wildman–Crippen LogP) is 4.32. The Hall–Kier alpha value is -2.14. The molecule has 2 aromatic rings. The molecular formula is C19H21BrN2O2. The number of nitrogens with one attached hydrogen (secondary N) is 1. The highest BCUT2D eigenvalue weighted by atomic mass is 79.9. The second kappa shape index (κ2) is 9.88. The van der Waals surface area contributed by atoms with E-state index < -0.39 is 0 Å². The average molecular weight is 389 g/mol. The minimum Gasteiger partial charge on any atom is -0.484 e. The van der Waals surface area contributed by atoms with Crippen LogP contribution in [0.3, 0.4) is 0 Å². The van der Waals surface area contributed by atoms with Gasteiger partial charge in [-0.05, 0) is 48.2 Å². The van der Waals surface area contributed by atoms with E-state index in [0.717, 1.165) is 16.5 Å². The van der Waals surface area contributed by atoms with E-state index in [9.17, 15) is 4.79 Å². The van der Waals surface area contributed by atoms with Gasteiger partial charge in [0.15, 0.2) is 6.61 Å². The number of nitrogens with zero attached hydrogens (tertiary/aromatic N) is 1. The van der Waals surface area contributed by atoms with Gasteiger partial charge in [0.25, 0.3) is 5.91 Å². The third-order valence-corrected chi connectivity index (χ3v) is 3.86. The Morgan fingerprint density at radius 3 is 2.75 bits per heavy atom. The zero-order valence-corrected chi connectivity index (χ0v) is 15.3. The van der Waals surface area contributed by atoms with Gasteiger partial charge in [0, 0.05) is 4.47 Å². The Bertz CT molecular complexity index is 684. The van der Waals surface area contributed by atoms with Crippen LogP contribution in [-0.4, -0.2) is 18.7 Å². The third-order valence-electron chi connectivity index (χ3n) is 3.36. The van der Waals surface area contributed by atoms with Crippen molar-refractivity contribution in [3.05, 3.63) is 64.1 Å². The summed E-state index contributed by atoms with van der Waals surface area (Å²) in [5, 5.41) is 3.92. The van der Waals surface area contributed by atoms with Crippen LogP contribution in [-0.2, 0) is 11.2 Å². The molecule has 24 heavy (non-hydrogen) atoms. The maximum atomic E-state index is 11.7. The molecule has 1 amide bonds. The van der Waals surface area contributed by atoms with E-state index in [1.807, 2.05) is 48.5 Å². The first kappa shape index (κ1) is 18.2. The number of hydrogen-bond acceptors (Lipinski definition) is 3. The molecule has 0 fully saturated rings. The molecule has 0 atom stereocenters. The van der Waals surface area contributed by atoms with Gasteiger partial charge in [0.2, 0.25) is 0 Å². The van der Waals surface area contributed by atoms with E-state index in [0.29, 0.717) is 5.75 Å². The van der Waals surface area contributed by atoms with E-state index in [1.54, 1.807) is 6.21 Å². The lowest BCUT2D eigenvalue weighted by atomic mass is 10.1. The van der Waals surface area contributed by atoms with Crippen molar-refractivity contribution < 1.29 is 9.53 Å². The Morgan fingerprint density at radius 2 is 2.04 bits per heavy atom. The van der Waals surface area contributed by atoms with Gasteiger partial charge >= 0.3 is 0 Å². The van der Waals surface area contributed by atoms with Crippen molar-refractivity contribution in [2.24, 2.45) is 5.10 Å². The fourth-order valence-corrected chi connectivity index (χ4v) is 2.50. The first-order chi connectivity index (χ1) is 11.7. The fourth-order valence-electron chi connectivity index (χ4n) is 2.08. The maximum absolute atomic E-state index is 11.7. The summed E-state index contributed by atoms with van der Waals surface area (Å²) in [6, 6.07) is 15.5. The van der Waals surface area contributed by atoms with E-state index in [1.165, 1.54) is 18.4 Å². The van der Waals surface area contributed by atoms with Gasteiger partial charge in [-0.2, -0.15) is 5.10 Å². The van der Waals surface area contributed by atoms with Crippen LogP contribution >= 0.6 is 15.9 Å². The van der Waals surface area contributed by atoms with Crippen molar-refractivity contribution in [2.45, 2.75) is 26.2 Å². The Balaban J connectivity index is 1.74. The van der Waals surface area contributed by atoms with Gasteiger partial charge in [-0.1, -0.05) is 53.5 Å². The van der Waals surface area contributed by atoms with Gasteiger partial charge < -0.3 is 4.74 Å². The monoisotopic (exact) mass is 388 g/mol. The summed E-state index contributed by atoms with van der Waals surface area (Å²) < 4.78 is 6.42. The first-order valence-corrected chi connectivity index (χ1v) is 8.76. The number of hydrogen-bond donors (Lipinski definition) is 1. The van der Waals surface area contributed by atoms with Gasteiger partial charge in [-0.3, -0.25) is 4.79 Å². The molecule has 0 unspecified atom stereocenters. The summed E-state index contributed by atoms with van der Waals surface area (Å²) >= 11 is 3.38. The number of aryl methyl sites for hydroxylation is 1. The van der Waals surface area contributed by atoms with Gasteiger partial charge in [0.1, 0.15) is 5.75 Å². The van der Waals surface area contributed by atoms with Crippen molar-refractivity contribution in [2.75, 3.05) is 6.61 Å². The molecule has 0 aliphatic rings. The summed E-state index contributed by atoms with van der Waals surface area (Å²) in [5.41, 5.74) is 4.63. The molecule has 0 aromatic heterocycles. The van der Waals surface area contributed by atoms with Gasteiger partial charge in [-0.25, -0.2) is 5.43 Å². The van der Waals surface area contributed by atoms with Crippen molar-refractivity contribution in [3.63, 3.8) is 0 Å². The summed E-state index contributed by atoms with van der Waals surface area (Å²) in [5.74, 6) is 0.387. The van der Waals surface area contributed by atoms with Crippen molar-refractivity contribution in [1.82, 2.24) is 5.43 Å². The Kier molecular flexibility index (Phi) is 7.49. The summed E-state index contributed by atoms with van der Waals surface area (Å²) in [6.45, 7) is 2.11. The highest BCUT2D eigenvalue weighted by Crippen LogP contribution is 2.14. The van der Waals surface area contributed by atoms with Crippen LogP contribution in [0.2, 0.25) is 0 Å². The van der Waals surface area contributed by atoms with Gasteiger partial charge in [-0.15, -0.1) is 0 Å². The van der Waals surface area contributed by atoms with E-state index in [-0.39, 0.29) is 12.5 Å². The number of halogens is 1. The van der Waals surface area contributed by atoms with Crippen LogP contribution in [0.5, 0.6) is 5.75 Å². The Morgan fingerprint density at radius 1 is 1.25 bits per heavy atom. The number of amides is 1. The third kappa shape index (κ3) is 6.54. The van der Waals surface area contributed by atoms with E-state index in [4.69, 9.17) is 4.74 Å². The van der Waals surface area contributed by atoms with Crippen molar-refractivity contribution in [3.8, 4) is 5.75 Å². The number of carbonyl (C=O) groups excluding carboxylic acids is 1. The molecule has 5 heteroatoms. The zero-order chi connectivity index (χ0) is 17.2. The molecule has 2 aromatic carbocycles. The zero-order valence-electron chi connectivity index (χ0n) is 13.7. The van der Waals surface area contributed by atoms with Crippen LogP contribution in [0.1, 0.15) is 30.9 Å². The summed E-state index contributed by atoms with van der Waals surface area (Å²) in [6.07, 6.45) is 5.02. The van der Waals surface area contributed by atoms with Crippen molar-refractivity contribution >= 4 is 28.1 Å². The number of unbranched alkanes of at least 4 members (excludes halogenated alkanes) is 1. The number of ether oxygens (including phenoxy) is 1. The Labute approximate surface area is 151 Å². The smallest absolute Gasteiger partial charge is 0.277 e. The molecule has 0 radical (unpaired) electrons. The second-order valence-electron chi connectivity index (χ2n) is 5.38. The highest BCUT2D eigenvalue weighted by molar-refractivity contribution is 9.10. The number of carbonyl (C=O) groups is 1. The molecule has 0 spiro atoms. The number of rotatable bonds is 8. The molecule has 4 nitrogen and oxygen atoms in total. The topological polar surface area (TPSA) is 50.7 Å². The second-order valence-corrected chi connectivity index (χ2v) is 6.30. The standard InChI is InChI=1S/C19H21BrN2O2/c1-2-3-5-15-8-10-18(11-9-15)24-14-19(23)22-21-13-16-6-4-7-17(20)12-16/h4,6-13H,2-3,5,14H2,1H3,(H,22,23)/b21-13-. The summed E-state index contributed by atoms with van der Waals surface area (Å²) in [4.78, 5) is 11.7. The van der Waals surface area contributed by atoms with Crippen LogP contribution in [0.15, 0.2) is 58.1 Å².